The van der Waals surface area contributed by atoms with Gasteiger partial charge in [0.1, 0.15) is 6.04 Å². The van der Waals surface area contributed by atoms with Crippen molar-refractivity contribution in [2.24, 2.45) is 0 Å². The van der Waals surface area contributed by atoms with Gasteiger partial charge in [0.15, 0.2) is 6.61 Å². The van der Waals surface area contributed by atoms with E-state index in [0.717, 1.165) is 23.8 Å². The van der Waals surface area contributed by atoms with E-state index in [4.69, 9.17) is 4.74 Å². The maximum atomic E-state index is 12.8. The lowest BCUT2D eigenvalue weighted by atomic mass is 10.1. The first kappa shape index (κ1) is 25.3. The Balaban J connectivity index is 1.96. The number of alkyl halides is 3. The molecule has 0 aromatic heterocycles. The Kier molecular flexibility index (Phi) is 9.13. The highest BCUT2D eigenvalue weighted by Gasteiger charge is 2.30. The number of anilines is 1. The number of amides is 2. The Morgan fingerprint density at radius 3 is 2.47 bits per heavy atom. The molecule has 0 radical (unpaired) electrons. The SMILES string of the molecule is CSCC[C@H](NC(=O)c1cccc(C)c1)C(=O)OCC(=O)Nc1cccc(C(F)(F)F)c1. The number of esters is 1. The molecule has 2 aromatic carbocycles. The second-order valence-corrected chi connectivity index (χ2v) is 7.90. The highest BCUT2D eigenvalue weighted by atomic mass is 32.2. The molecule has 0 fully saturated rings. The lowest BCUT2D eigenvalue weighted by Crippen LogP contribution is -2.43. The van der Waals surface area contributed by atoms with Gasteiger partial charge in [-0.3, -0.25) is 9.59 Å². The second-order valence-electron chi connectivity index (χ2n) is 6.91. The van der Waals surface area contributed by atoms with Crippen LogP contribution >= 0.6 is 11.8 Å². The summed E-state index contributed by atoms with van der Waals surface area (Å²) in [5.41, 5.74) is 0.275. The van der Waals surface area contributed by atoms with Crippen molar-refractivity contribution in [3.8, 4) is 0 Å². The summed E-state index contributed by atoms with van der Waals surface area (Å²) in [5.74, 6) is -1.50. The molecule has 2 aromatic rings. The van der Waals surface area contributed by atoms with Gasteiger partial charge in [0, 0.05) is 11.3 Å². The normalized spacial score (nSPS) is 12.0. The second kappa shape index (κ2) is 11.6. The van der Waals surface area contributed by atoms with Crippen LogP contribution in [0, 0.1) is 6.92 Å². The largest absolute Gasteiger partial charge is 0.454 e. The number of hydrogen-bond acceptors (Lipinski definition) is 5. The lowest BCUT2D eigenvalue weighted by molar-refractivity contribution is -0.149. The van der Waals surface area contributed by atoms with Gasteiger partial charge >= 0.3 is 12.1 Å². The molecule has 0 heterocycles. The zero-order valence-corrected chi connectivity index (χ0v) is 18.3. The predicted octanol–water partition coefficient (Wildman–Crippen LogP) is 4.05. The molecule has 10 heteroatoms. The smallest absolute Gasteiger partial charge is 0.416 e. The van der Waals surface area contributed by atoms with Crippen molar-refractivity contribution >= 4 is 35.2 Å². The zero-order chi connectivity index (χ0) is 23.7. The van der Waals surface area contributed by atoms with Gasteiger partial charge in [-0.05, 0) is 55.7 Å². The van der Waals surface area contributed by atoms with E-state index >= 15 is 0 Å². The number of halogens is 3. The molecule has 0 aliphatic rings. The van der Waals surface area contributed by atoms with Crippen LogP contribution in [0.5, 0.6) is 0 Å². The molecule has 172 valence electrons. The van der Waals surface area contributed by atoms with E-state index in [1.165, 1.54) is 17.8 Å². The first-order valence-electron chi connectivity index (χ1n) is 9.60. The zero-order valence-electron chi connectivity index (χ0n) is 17.5. The molecule has 2 amide bonds. The van der Waals surface area contributed by atoms with Crippen LogP contribution in [0.4, 0.5) is 18.9 Å². The van der Waals surface area contributed by atoms with Gasteiger partial charge in [0.25, 0.3) is 11.8 Å². The minimum absolute atomic E-state index is 0.0763. The number of nitrogens with one attached hydrogen (secondary N) is 2. The maximum absolute atomic E-state index is 12.8. The van der Waals surface area contributed by atoms with Crippen LogP contribution in [0.25, 0.3) is 0 Å². The average Bonchev–Trinajstić information content (AvgIpc) is 2.74. The standard InChI is InChI=1S/C22H23F3N2O4S/c1-14-5-3-6-15(11-14)20(29)27-18(9-10-32-2)21(30)31-13-19(28)26-17-8-4-7-16(12-17)22(23,24)25/h3-8,11-12,18H,9-10,13H2,1-2H3,(H,26,28)(H,27,29)/t18-/m0/s1. The van der Waals surface area contributed by atoms with Crippen LogP contribution in [-0.4, -0.2) is 42.4 Å². The van der Waals surface area contributed by atoms with Gasteiger partial charge in [-0.2, -0.15) is 24.9 Å². The Bertz CT molecular complexity index is 966. The lowest BCUT2D eigenvalue weighted by Gasteiger charge is -2.17. The van der Waals surface area contributed by atoms with E-state index in [2.05, 4.69) is 10.6 Å². The van der Waals surface area contributed by atoms with E-state index in [9.17, 15) is 27.6 Å². The van der Waals surface area contributed by atoms with Crippen molar-refractivity contribution in [3.63, 3.8) is 0 Å². The summed E-state index contributed by atoms with van der Waals surface area (Å²) < 4.78 is 43.3. The molecule has 32 heavy (non-hydrogen) atoms. The Labute approximate surface area is 187 Å². The molecule has 0 aliphatic heterocycles. The fourth-order valence-electron chi connectivity index (χ4n) is 2.72. The number of rotatable bonds is 9. The van der Waals surface area contributed by atoms with Crippen molar-refractivity contribution in [2.75, 3.05) is 23.9 Å². The molecule has 1 atom stereocenters. The molecular weight excluding hydrogens is 445 g/mol. The minimum Gasteiger partial charge on any atom is -0.454 e. The summed E-state index contributed by atoms with van der Waals surface area (Å²) in [6.07, 6.45) is -2.42. The molecule has 0 spiro atoms. The van der Waals surface area contributed by atoms with Crippen molar-refractivity contribution in [1.82, 2.24) is 5.32 Å². The van der Waals surface area contributed by atoms with Crippen LogP contribution < -0.4 is 10.6 Å². The molecule has 0 saturated heterocycles. The van der Waals surface area contributed by atoms with Crippen molar-refractivity contribution < 1.29 is 32.3 Å². The Morgan fingerprint density at radius 1 is 1.09 bits per heavy atom. The summed E-state index contributed by atoms with van der Waals surface area (Å²) in [6.45, 7) is 1.13. The average molecular weight is 468 g/mol. The fourth-order valence-corrected chi connectivity index (χ4v) is 3.19. The summed E-state index contributed by atoms with van der Waals surface area (Å²) >= 11 is 1.47. The number of benzene rings is 2. The quantitative estimate of drug-likeness (QED) is 0.543. The summed E-state index contributed by atoms with van der Waals surface area (Å²) in [4.78, 5) is 37.0. The molecule has 0 unspecified atom stereocenters. The molecule has 0 saturated carbocycles. The van der Waals surface area contributed by atoms with Crippen molar-refractivity contribution in [3.05, 3.63) is 65.2 Å². The minimum atomic E-state index is -4.55. The van der Waals surface area contributed by atoms with Crippen LogP contribution in [0.15, 0.2) is 48.5 Å². The topological polar surface area (TPSA) is 84.5 Å². The molecular formula is C22H23F3N2O4S. The van der Waals surface area contributed by atoms with E-state index in [-0.39, 0.29) is 12.1 Å². The number of aryl methyl sites for hydroxylation is 1. The van der Waals surface area contributed by atoms with Gasteiger partial charge < -0.3 is 15.4 Å². The van der Waals surface area contributed by atoms with E-state index in [0.29, 0.717) is 11.3 Å². The van der Waals surface area contributed by atoms with Crippen LogP contribution in [0.3, 0.4) is 0 Å². The Hall–Kier alpha value is -3.01. The third-order valence-corrected chi connectivity index (χ3v) is 4.94. The predicted molar refractivity (Wildman–Crippen MR) is 116 cm³/mol. The number of hydrogen-bond donors (Lipinski definition) is 2. The fraction of sp³-hybridized carbons (Fsp3) is 0.318. The molecule has 6 nitrogen and oxygen atoms in total. The maximum Gasteiger partial charge on any atom is 0.416 e. The molecule has 0 aliphatic carbocycles. The number of thioether (sulfide) groups is 1. The van der Waals surface area contributed by atoms with E-state index in [1.807, 2.05) is 19.2 Å². The molecule has 2 rings (SSSR count). The Morgan fingerprint density at radius 2 is 1.81 bits per heavy atom. The monoisotopic (exact) mass is 468 g/mol. The summed E-state index contributed by atoms with van der Waals surface area (Å²) in [5, 5.41) is 4.87. The van der Waals surface area contributed by atoms with Crippen LogP contribution in [-0.2, 0) is 20.5 Å². The summed E-state index contributed by atoms with van der Waals surface area (Å²) in [7, 11) is 0. The summed E-state index contributed by atoms with van der Waals surface area (Å²) in [6, 6.07) is 9.97. The first-order chi connectivity index (χ1) is 15.1. The van der Waals surface area contributed by atoms with E-state index in [1.54, 1.807) is 18.2 Å². The number of ether oxygens (including phenoxy) is 1. The third kappa shape index (κ3) is 7.92. The van der Waals surface area contributed by atoms with Gasteiger partial charge in [-0.15, -0.1) is 0 Å². The number of carbonyl (C=O) groups excluding carboxylic acids is 3. The van der Waals surface area contributed by atoms with Gasteiger partial charge in [0.05, 0.1) is 5.56 Å². The molecule has 0 bridgehead atoms. The molecule has 2 N–H and O–H groups in total. The van der Waals surface area contributed by atoms with Gasteiger partial charge in [-0.1, -0.05) is 23.8 Å². The van der Waals surface area contributed by atoms with Crippen LogP contribution in [0.1, 0.15) is 27.9 Å². The van der Waals surface area contributed by atoms with Gasteiger partial charge in [0.2, 0.25) is 0 Å². The third-order valence-electron chi connectivity index (χ3n) is 4.30. The highest BCUT2D eigenvalue weighted by molar-refractivity contribution is 7.98. The van der Waals surface area contributed by atoms with Gasteiger partial charge in [-0.25, -0.2) is 4.79 Å². The first-order valence-corrected chi connectivity index (χ1v) is 11.0. The van der Waals surface area contributed by atoms with Crippen molar-refractivity contribution in [1.29, 1.82) is 0 Å². The van der Waals surface area contributed by atoms with E-state index < -0.39 is 42.2 Å². The number of carbonyl (C=O) groups is 3. The highest BCUT2D eigenvalue weighted by Crippen LogP contribution is 2.30. The van der Waals surface area contributed by atoms with Crippen LogP contribution in [0.2, 0.25) is 0 Å². The van der Waals surface area contributed by atoms with Crippen molar-refractivity contribution in [2.45, 2.75) is 25.6 Å².